The molecule has 0 spiro atoms. The van der Waals surface area contributed by atoms with E-state index in [1.54, 1.807) is 6.07 Å². The molecular weight excluding hydrogens is 424 g/mol. The zero-order valence-electron chi connectivity index (χ0n) is 17.2. The minimum atomic E-state index is -1.43. The van der Waals surface area contributed by atoms with E-state index in [4.69, 9.17) is 21.1 Å². The van der Waals surface area contributed by atoms with Crippen molar-refractivity contribution in [3.05, 3.63) is 52.1 Å². The normalized spacial score (nSPS) is 35.7. The minimum absolute atomic E-state index is 0.0496. The Morgan fingerprint density at radius 1 is 1.19 bits per heavy atom. The molecule has 0 saturated carbocycles. The predicted octanol–water partition coefficient (Wildman–Crippen LogP) is 1.50. The average Bonchev–Trinajstić information content (AvgIpc) is 2.75. The Balaban J connectivity index is 1.61. The highest BCUT2D eigenvalue weighted by Gasteiger charge is 2.50. The number of carbonyl (C=O) groups is 1. The van der Waals surface area contributed by atoms with Crippen LogP contribution in [0.1, 0.15) is 35.7 Å². The highest BCUT2D eigenvalue weighted by atomic mass is 35.5. The van der Waals surface area contributed by atoms with Gasteiger partial charge in [-0.05, 0) is 36.1 Å². The van der Waals surface area contributed by atoms with Crippen LogP contribution in [0, 0.1) is 5.41 Å². The van der Waals surface area contributed by atoms with E-state index in [2.05, 4.69) is 0 Å². The third-order valence-corrected chi connectivity index (χ3v) is 6.80. The standard InChI is InChI=1S/C23H27ClO7/c1-23(22-21(29)20(28)19(27)18(11-25)31-22)6-4-15(24)13(10-23)8-12-2-3-17-14(9-12)16(26)5-7-30-17/h2-4,9-10,18-22,25,27-29H,5-8,11H2,1H3/t18-,19-,20+,21-,22-,23?/m1/s1. The highest BCUT2D eigenvalue weighted by molar-refractivity contribution is 6.32. The first-order valence-electron chi connectivity index (χ1n) is 10.4. The lowest BCUT2D eigenvalue weighted by atomic mass is 9.71. The molecule has 168 valence electrons. The summed E-state index contributed by atoms with van der Waals surface area (Å²) in [6.45, 7) is 1.79. The van der Waals surface area contributed by atoms with Crippen LogP contribution in [0.4, 0.5) is 0 Å². The number of halogens is 1. The van der Waals surface area contributed by atoms with Crippen molar-refractivity contribution in [1.82, 2.24) is 0 Å². The lowest BCUT2D eigenvalue weighted by molar-refractivity contribution is -0.248. The molecule has 3 aliphatic rings. The van der Waals surface area contributed by atoms with Gasteiger partial charge in [-0.3, -0.25) is 4.79 Å². The van der Waals surface area contributed by atoms with Gasteiger partial charge in [-0.15, -0.1) is 0 Å². The fraction of sp³-hybridized carbons (Fsp3) is 0.522. The number of hydrogen-bond donors (Lipinski definition) is 4. The largest absolute Gasteiger partial charge is 0.492 e. The van der Waals surface area contributed by atoms with Crippen LogP contribution in [0.15, 0.2) is 41.0 Å². The van der Waals surface area contributed by atoms with Crippen LogP contribution >= 0.6 is 11.6 Å². The molecule has 8 heteroatoms. The fourth-order valence-corrected chi connectivity index (χ4v) is 4.78. The molecule has 4 rings (SSSR count). The van der Waals surface area contributed by atoms with Crippen LogP contribution in [0.2, 0.25) is 0 Å². The zero-order valence-corrected chi connectivity index (χ0v) is 18.0. The van der Waals surface area contributed by atoms with E-state index in [1.165, 1.54) is 0 Å². The number of ketones is 1. The second-order valence-corrected chi connectivity index (χ2v) is 9.12. The first kappa shape index (κ1) is 22.5. The Morgan fingerprint density at radius 2 is 1.97 bits per heavy atom. The first-order chi connectivity index (χ1) is 14.7. The highest BCUT2D eigenvalue weighted by Crippen LogP contribution is 2.43. The van der Waals surface area contributed by atoms with Crippen LogP contribution in [0.3, 0.4) is 0 Å². The second-order valence-electron chi connectivity index (χ2n) is 8.71. The van der Waals surface area contributed by atoms with E-state index in [0.717, 1.165) is 11.1 Å². The van der Waals surface area contributed by atoms with Crippen LogP contribution < -0.4 is 4.74 Å². The molecule has 2 aliphatic heterocycles. The molecule has 6 atom stereocenters. The fourth-order valence-electron chi connectivity index (χ4n) is 4.59. The van der Waals surface area contributed by atoms with Crippen molar-refractivity contribution in [2.24, 2.45) is 5.41 Å². The smallest absolute Gasteiger partial charge is 0.170 e. The topological polar surface area (TPSA) is 116 Å². The van der Waals surface area contributed by atoms with Gasteiger partial charge in [0.15, 0.2) is 5.78 Å². The number of allylic oxidation sites excluding steroid dienone is 3. The molecule has 31 heavy (non-hydrogen) atoms. The Morgan fingerprint density at radius 3 is 2.71 bits per heavy atom. The molecule has 1 aliphatic carbocycles. The first-order valence-corrected chi connectivity index (χ1v) is 10.8. The number of ether oxygens (including phenoxy) is 2. The summed E-state index contributed by atoms with van der Waals surface area (Å²) in [5.41, 5.74) is 1.54. The van der Waals surface area contributed by atoms with Gasteiger partial charge in [0, 0.05) is 16.9 Å². The van der Waals surface area contributed by atoms with Crippen molar-refractivity contribution in [3.8, 4) is 5.75 Å². The van der Waals surface area contributed by atoms with Crippen LogP contribution in [0.5, 0.6) is 5.75 Å². The van der Waals surface area contributed by atoms with Crippen molar-refractivity contribution < 1.29 is 34.7 Å². The molecule has 1 saturated heterocycles. The lowest BCUT2D eigenvalue weighted by Crippen LogP contribution is -2.62. The summed E-state index contributed by atoms with van der Waals surface area (Å²) in [4.78, 5) is 12.2. The van der Waals surface area contributed by atoms with Gasteiger partial charge in [-0.2, -0.15) is 0 Å². The number of rotatable bonds is 4. The Labute approximate surface area is 185 Å². The summed E-state index contributed by atoms with van der Waals surface area (Å²) in [5, 5.41) is 41.0. The SMILES string of the molecule is CC1([C@@H]2O[C@H](CO)[C@@H](O)[C@H](O)[C@H]2O)C=C(Cc2ccc3c(c2)C(=O)CCO3)C(Cl)=CC1. The van der Waals surface area contributed by atoms with Gasteiger partial charge >= 0.3 is 0 Å². The van der Waals surface area contributed by atoms with Gasteiger partial charge < -0.3 is 29.9 Å². The maximum absolute atomic E-state index is 12.2. The van der Waals surface area contributed by atoms with Crippen LogP contribution in [0.25, 0.3) is 0 Å². The van der Waals surface area contributed by atoms with Gasteiger partial charge in [-0.25, -0.2) is 0 Å². The van der Waals surface area contributed by atoms with Crippen molar-refractivity contribution in [2.45, 2.75) is 56.7 Å². The number of aliphatic hydroxyl groups excluding tert-OH is 4. The van der Waals surface area contributed by atoms with Crippen molar-refractivity contribution in [3.63, 3.8) is 0 Å². The quantitative estimate of drug-likeness (QED) is 0.549. The van der Waals surface area contributed by atoms with E-state index in [0.29, 0.717) is 42.2 Å². The Kier molecular flexibility index (Phi) is 6.27. The van der Waals surface area contributed by atoms with Gasteiger partial charge in [-0.1, -0.05) is 36.7 Å². The Hall–Kier alpha value is -1.74. The molecule has 7 nitrogen and oxygen atoms in total. The third kappa shape index (κ3) is 4.18. The molecule has 4 N–H and O–H groups in total. The summed E-state index contributed by atoms with van der Waals surface area (Å²) < 4.78 is 11.3. The predicted molar refractivity (Wildman–Crippen MR) is 113 cm³/mol. The minimum Gasteiger partial charge on any atom is -0.492 e. The third-order valence-electron chi connectivity index (χ3n) is 6.40. The number of fused-ring (bicyclic) bond motifs is 1. The van der Waals surface area contributed by atoms with Gasteiger partial charge in [0.25, 0.3) is 0 Å². The van der Waals surface area contributed by atoms with E-state index in [1.807, 2.05) is 31.2 Å². The molecule has 1 aromatic rings. The number of carbonyl (C=O) groups excluding carboxylic acids is 1. The lowest BCUT2D eigenvalue weighted by Gasteiger charge is -2.47. The van der Waals surface area contributed by atoms with E-state index in [-0.39, 0.29) is 5.78 Å². The van der Waals surface area contributed by atoms with Crippen molar-refractivity contribution in [2.75, 3.05) is 13.2 Å². The monoisotopic (exact) mass is 450 g/mol. The summed E-state index contributed by atoms with van der Waals surface area (Å²) in [6, 6.07) is 5.50. The summed E-state index contributed by atoms with van der Waals surface area (Å²) in [7, 11) is 0. The van der Waals surface area contributed by atoms with Crippen LogP contribution in [-0.2, 0) is 11.2 Å². The van der Waals surface area contributed by atoms with Gasteiger partial charge in [0.1, 0.15) is 30.2 Å². The molecule has 2 heterocycles. The number of Topliss-reactive ketones (excluding diaryl/α,β-unsaturated/α-hetero) is 1. The van der Waals surface area contributed by atoms with Crippen molar-refractivity contribution >= 4 is 17.4 Å². The van der Waals surface area contributed by atoms with E-state index < -0.39 is 42.5 Å². The van der Waals surface area contributed by atoms with Crippen LogP contribution in [-0.4, -0.2) is 69.9 Å². The molecule has 1 fully saturated rings. The summed E-state index contributed by atoms with van der Waals surface area (Å²) >= 11 is 6.48. The zero-order chi connectivity index (χ0) is 22.3. The molecule has 0 bridgehead atoms. The molecule has 1 aromatic carbocycles. The van der Waals surface area contributed by atoms with E-state index in [9.17, 15) is 25.2 Å². The summed E-state index contributed by atoms with van der Waals surface area (Å²) in [5.74, 6) is 0.638. The number of benzene rings is 1. The molecule has 0 radical (unpaired) electrons. The average molecular weight is 451 g/mol. The number of aliphatic hydroxyl groups is 4. The van der Waals surface area contributed by atoms with Gasteiger partial charge in [0.05, 0.1) is 24.9 Å². The number of hydrogen-bond acceptors (Lipinski definition) is 7. The van der Waals surface area contributed by atoms with Gasteiger partial charge in [0.2, 0.25) is 0 Å². The molecule has 0 amide bonds. The van der Waals surface area contributed by atoms with E-state index >= 15 is 0 Å². The molecule has 0 aromatic heterocycles. The maximum Gasteiger partial charge on any atom is 0.170 e. The summed E-state index contributed by atoms with van der Waals surface area (Å²) in [6.07, 6.45) is -0.956. The second kappa shape index (κ2) is 8.65. The molecule has 1 unspecified atom stereocenters. The Bertz CT molecular complexity index is 925. The maximum atomic E-state index is 12.2. The molecular formula is C23H27ClO7. The van der Waals surface area contributed by atoms with Crippen molar-refractivity contribution in [1.29, 1.82) is 0 Å².